The molecule has 2 aromatic rings. The van der Waals surface area contributed by atoms with E-state index >= 15 is 0 Å². The largest absolute Gasteiger partial charge is 0.493 e. The van der Waals surface area contributed by atoms with Crippen molar-refractivity contribution in [2.75, 3.05) is 19.0 Å². The van der Waals surface area contributed by atoms with Gasteiger partial charge in [0.05, 0.1) is 24.5 Å². The van der Waals surface area contributed by atoms with Crippen molar-refractivity contribution in [3.63, 3.8) is 0 Å². The fourth-order valence-electron chi connectivity index (χ4n) is 4.33. The van der Waals surface area contributed by atoms with Gasteiger partial charge in [-0.15, -0.1) is 0 Å². The molecule has 0 aromatic heterocycles. The monoisotopic (exact) mass is 518 g/mol. The van der Waals surface area contributed by atoms with E-state index in [0.29, 0.717) is 13.0 Å². The standard InChI is InChI=1S/C30H46O5S/c1-2-3-4-5-10-16-24-34-28-22-19-23-29(30(28)27-20-14-13-15-21-27)35-25-17-11-8-6-7-9-12-18-26-36(31,32)33/h13-15,19-23H,2-12,16-18,24-26H2,1H3,(H,31,32,33). The number of hydrogen-bond donors (Lipinski definition) is 1. The fourth-order valence-corrected chi connectivity index (χ4v) is 4.90. The Bertz CT molecular complexity index is 928. The molecule has 0 fully saturated rings. The van der Waals surface area contributed by atoms with Crippen molar-refractivity contribution in [3.8, 4) is 22.6 Å². The van der Waals surface area contributed by atoms with Crippen molar-refractivity contribution in [2.24, 2.45) is 0 Å². The molecule has 36 heavy (non-hydrogen) atoms. The lowest BCUT2D eigenvalue weighted by atomic mass is 10.0. The summed E-state index contributed by atoms with van der Waals surface area (Å²) in [5, 5.41) is 0. The minimum atomic E-state index is -3.81. The highest BCUT2D eigenvalue weighted by molar-refractivity contribution is 7.85. The third kappa shape index (κ3) is 13.3. The molecule has 0 radical (unpaired) electrons. The second-order valence-electron chi connectivity index (χ2n) is 9.57. The average molecular weight is 519 g/mol. The van der Waals surface area contributed by atoms with Crippen LogP contribution in [-0.4, -0.2) is 31.9 Å². The van der Waals surface area contributed by atoms with Crippen LogP contribution in [0.3, 0.4) is 0 Å². The van der Waals surface area contributed by atoms with Crippen LogP contribution in [-0.2, 0) is 10.1 Å². The highest BCUT2D eigenvalue weighted by Gasteiger charge is 2.13. The Hall–Kier alpha value is -2.05. The fraction of sp³-hybridized carbons (Fsp3) is 0.600. The quantitative estimate of drug-likeness (QED) is 0.132. The summed E-state index contributed by atoms with van der Waals surface area (Å²) in [6, 6.07) is 16.4. The first-order chi connectivity index (χ1) is 17.5. The van der Waals surface area contributed by atoms with E-state index < -0.39 is 10.1 Å². The van der Waals surface area contributed by atoms with Gasteiger partial charge in [0.15, 0.2) is 0 Å². The lowest BCUT2D eigenvalue weighted by Gasteiger charge is -2.17. The summed E-state index contributed by atoms with van der Waals surface area (Å²) < 4.78 is 42.7. The molecule has 0 spiro atoms. The summed E-state index contributed by atoms with van der Waals surface area (Å²) in [5.41, 5.74) is 2.15. The number of ether oxygens (including phenoxy) is 2. The lowest BCUT2D eigenvalue weighted by molar-refractivity contribution is 0.292. The van der Waals surface area contributed by atoms with Crippen LogP contribution >= 0.6 is 0 Å². The van der Waals surface area contributed by atoms with Crippen molar-refractivity contribution in [1.82, 2.24) is 0 Å². The van der Waals surface area contributed by atoms with E-state index in [1.165, 1.54) is 32.1 Å². The Labute approximate surface area is 219 Å². The third-order valence-electron chi connectivity index (χ3n) is 6.36. The molecular formula is C30H46O5S. The summed E-state index contributed by atoms with van der Waals surface area (Å²) in [4.78, 5) is 0. The molecule has 0 bridgehead atoms. The van der Waals surface area contributed by atoms with Gasteiger partial charge < -0.3 is 9.47 Å². The maximum absolute atomic E-state index is 10.7. The first-order valence-electron chi connectivity index (χ1n) is 13.9. The van der Waals surface area contributed by atoms with Crippen LogP contribution in [0.4, 0.5) is 0 Å². The van der Waals surface area contributed by atoms with E-state index in [1.807, 2.05) is 36.4 Å². The van der Waals surface area contributed by atoms with Gasteiger partial charge in [-0.3, -0.25) is 4.55 Å². The molecule has 0 aliphatic rings. The second-order valence-corrected chi connectivity index (χ2v) is 11.1. The normalized spacial score (nSPS) is 11.5. The van der Waals surface area contributed by atoms with E-state index in [4.69, 9.17) is 14.0 Å². The predicted octanol–water partition coefficient (Wildman–Crippen LogP) is 8.48. The van der Waals surface area contributed by atoms with Crippen LogP contribution < -0.4 is 9.47 Å². The van der Waals surface area contributed by atoms with E-state index in [-0.39, 0.29) is 5.75 Å². The van der Waals surface area contributed by atoms with Crippen LogP contribution in [0.25, 0.3) is 11.1 Å². The highest BCUT2D eigenvalue weighted by atomic mass is 32.2. The van der Waals surface area contributed by atoms with Gasteiger partial charge in [0.25, 0.3) is 10.1 Å². The molecule has 0 heterocycles. The average Bonchev–Trinajstić information content (AvgIpc) is 2.86. The molecule has 0 aliphatic carbocycles. The third-order valence-corrected chi connectivity index (χ3v) is 7.16. The van der Waals surface area contributed by atoms with Crippen LogP contribution in [0.15, 0.2) is 48.5 Å². The van der Waals surface area contributed by atoms with Crippen molar-refractivity contribution < 1.29 is 22.4 Å². The second kappa shape index (κ2) is 18.2. The van der Waals surface area contributed by atoms with E-state index in [2.05, 4.69) is 19.1 Å². The topological polar surface area (TPSA) is 72.8 Å². The van der Waals surface area contributed by atoms with Gasteiger partial charge in [-0.25, -0.2) is 0 Å². The van der Waals surface area contributed by atoms with E-state index in [0.717, 1.165) is 80.6 Å². The molecule has 0 saturated carbocycles. The maximum atomic E-state index is 10.7. The zero-order chi connectivity index (χ0) is 25.9. The van der Waals surface area contributed by atoms with Crippen molar-refractivity contribution in [2.45, 2.75) is 96.8 Å². The molecule has 0 unspecified atom stereocenters. The molecule has 2 rings (SSSR count). The van der Waals surface area contributed by atoms with E-state index in [1.54, 1.807) is 0 Å². The molecule has 0 atom stereocenters. The minimum Gasteiger partial charge on any atom is -0.493 e. The predicted molar refractivity (Wildman–Crippen MR) is 150 cm³/mol. The summed E-state index contributed by atoms with van der Waals surface area (Å²) in [5.74, 6) is 1.64. The number of rotatable bonds is 21. The molecule has 202 valence electrons. The number of hydrogen-bond acceptors (Lipinski definition) is 4. The Morgan fingerprint density at radius 2 is 1.08 bits per heavy atom. The zero-order valence-electron chi connectivity index (χ0n) is 22.1. The first kappa shape index (κ1) is 30.2. The van der Waals surface area contributed by atoms with Crippen LogP contribution in [0.2, 0.25) is 0 Å². The van der Waals surface area contributed by atoms with Crippen LogP contribution in [0.1, 0.15) is 96.8 Å². The SMILES string of the molecule is CCCCCCCCOc1cccc(OCCCCCCCCCCS(=O)(=O)O)c1-c1ccccc1. The van der Waals surface area contributed by atoms with Gasteiger partial charge in [0, 0.05) is 0 Å². The lowest BCUT2D eigenvalue weighted by Crippen LogP contribution is -2.03. The van der Waals surface area contributed by atoms with Crippen LogP contribution in [0, 0.1) is 0 Å². The molecule has 1 N–H and O–H groups in total. The summed E-state index contributed by atoms with van der Waals surface area (Å²) in [6.45, 7) is 3.65. The van der Waals surface area contributed by atoms with Gasteiger partial charge in [-0.05, 0) is 37.0 Å². The Kier molecular flexibility index (Phi) is 15.3. The minimum absolute atomic E-state index is 0.124. The van der Waals surface area contributed by atoms with E-state index in [9.17, 15) is 8.42 Å². The summed E-state index contributed by atoms with van der Waals surface area (Å²) in [7, 11) is -3.81. The molecule has 5 nitrogen and oxygen atoms in total. The van der Waals surface area contributed by atoms with Gasteiger partial charge >= 0.3 is 0 Å². The Morgan fingerprint density at radius 1 is 0.611 bits per heavy atom. The Balaban J connectivity index is 1.75. The highest BCUT2D eigenvalue weighted by Crippen LogP contribution is 2.38. The van der Waals surface area contributed by atoms with Crippen LogP contribution in [0.5, 0.6) is 11.5 Å². The van der Waals surface area contributed by atoms with Crippen molar-refractivity contribution >= 4 is 10.1 Å². The van der Waals surface area contributed by atoms with Crippen molar-refractivity contribution in [1.29, 1.82) is 0 Å². The Morgan fingerprint density at radius 3 is 1.58 bits per heavy atom. The summed E-state index contributed by atoms with van der Waals surface area (Å²) in [6.07, 6.45) is 15.4. The molecule has 0 saturated heterocycles. The number of unbranched alkanes of at least 4 members (excludes halogenated alkanes) is 12. The molecule has 2 aromatic carbocycles. The molecule has 6 heteroatoms. The zero-order valence-corrected chi connectivity index (χ0v) is 22.9. The first-order valence-corrected chi connectivity index (χ1v) is 15.5. The van der Waals surface area contributed by atoms with Gasteiger partial charge in [0.1, 0.15) is 11.5 Å². The number of benzene rings is 2. The smallest absolute Gasteiger partial charge is 0.264 e. The molecule has 0 aliphatic heterocycles. The van der Waals surface area contributed by atoms with Crippen molar-refractivity contribution in [3.05, 3.63) is 48.5 Å². The molecular weight excluding hydrogens is 472 g/mol. The summed E-state index contributed by atoms with van der Waals surface area (Å²) >= 11 is 0. The van der Waals surface area contributed by atoms with Gasteiger partial charge in [-0.1, -0.05) is 114 Å². The van der Waals surface area contributed by atoms with Gasteiger partial charge in [0.2, 0.25) is 0 Å². The van der Waals surface area contributed by atoms with Gasteiger partial charge in [-0.2, -0.15) is 8.42 Å². The maximum Gasteiger partial charge on any atom is 0.264 e. The molecule has 0 amide bonds.